The third-order valence-corrected chi connectivity index (χ3v) is 5.86. The summed E-state index contributed by atoms with van der Waals surface area (Å²) in [6.07, 6.45) is 1.33. The van der Waals surface area contributed by atoms with Gasteiger partial charge in [-0.05, 0) is 30.7 Å². The number of nitro groups is 1. The van der Waals surface area contributed by atoms with E-state index < -0.39 is 10.8 Å². The van der Waals surface area contributed by atoms with Gasteiger partial charge in [-0.15, -0.1) is 0 Å². The second-order valence-corrected chi connectivity index (χ2v) is 8.22. The number of hydrogen-bond acceptors (Lipinski definition) is 7. The molecule has 34 heavy (non-hydrogen) atoms. The Kier molecular flexibility index (Phi) is 6.79. The zero-order valence-corrected chi connectivity index (χ0v) is 18.9. The van der Waals surface area contributed by atoms with E-state index in [0.717, 1.165) is 17.3 Å². The van der Waals surface area contributed by atoms with Crippen LogP contribution in [0.1, 0.15) is 11.1 Å². The van der Waals surface area contributed by atoms with Crippen molar-refractivity contribution in [3.05, 3.63) is 104 Å². The highest BCUT2D eigenvalue weighted by atomic mass is 32.2. The van der Waals surface area contributed by atoms with E-state index >= 15 is 0 Å². The lowest BCUT2D eigenvalue weighted by molar-refractivity contribution is -0.384. The zero-order valence-electron chi connectivity index (χ0n) is 18.0. The number of amides is 1. The number of carbonyl (C=O) groups is 1. The summed E-state index contributed by atoms with van der Waals surface area (Å²) in [4.78, 5) is 40.7. The maximum Gasteiger partial charge on any atom is 0.270 e. The molecule has 170 valence electrons. The topological polar surface area (TPSA) is 119 Å². The number of nitro benzene ring substituents is 1. The maximum atomic E-state index is 13.3. The van der Waals surface area contributed by atoms with E-state index in [4.69, 9.17) is 0 Å². The van der Waals surface area contributed by atoms with E-state index in [1.54, 1.807) is 30.3 Å². The van der Waals surface area contributed by atoms with Gasteiger partial charge in [-0.3, -0.25) is 24.3 Å². The van der Waals surface area contributed by atoms with Crippen LogP contribution in [0.25, 0.3) is 16.6 Å². The van der Waals surface area contributed by atoms with E-state index in [9.17, 15) is 19.7 Å². The van der Waals surface area contributed by atoms with Crippen LogP contribution in [0, 0.1) is 17.0 Å². The third kappa shape index (κ3) is 5.02. The summed E-state index contributed by atoms with van der Waals surface area (Å²) >= 11 is 1.12. The van der Waals surface area contributed by atoms with Crippen LogP contribution < -0.4 is 11.0 Å². The Morgan fingerprint density at radius 1 is 1.15 bits per heavy atom. The SMILES string of the molecule is Cc1ccccc1-n1c(SCC(=O)NN=Cc2cccc([N+](=O)[O-])c2)nc2ccccc2c1=O. The molecule has 4 rings (SSSR count). The van der Waals surface area contributed by atoms with Gasteiger partial charge in [0, 0.05) is 17.7 Å². The number of non-ortho nitro benzene ring substituents is 1. The molecule has 4 aromatic rings. The summed E-state index contributed by atoms with van der Waals surface area (Å²) in [7, 11) is 0. The minimum atomic E-state index is -0.503. The first-order valence-corrected chi connectivity index (χ1v) is 11.2. The number of fused-ring (bicyclic) bond motifs is 1. The molecule has 1 heterocycles. The summed E-state index contributed by atoms with van der Waals surface area (Å²) in [6, 6.07) is 20.4. The molecule has 10 heteroatoms. The average molecular weight is 474 g/mol. The Bertz CT molecular complexity index is 1480. The molecule has 0 radical (unpaired) electrons. The van der Waals surface area contributed by atoms with E-state index in [2.05, 4.69) is 15.5 Å². The number of nitrogens with one attached hydrogen (secondary N) is 1. The lowest BCUT2D eigenvalue weighted by Gasteiger charge is -2.14. The highest BCUT2D eigenvalue weighted by Gasteiger charge is 2.15. The number of aromatic nitrogens is 2. The number of hydrazone groups is 1. The molecule has 0 spiro atoms. The molecule has 0 saturated heterocycles. The Balaban J connectivity index is 1.55. The summed E-state index contributed by atoms with van der Waals surface area (Å²) < 4.78 is 1.52. The lowest BCUT2D eigenvalue weighted by atomic mass is 10.2. The zero-order chi connectivity index (χ0) is 24.1. The van der Waals surface area contributed by atoms with Crippen LogP contribution >= 0.6 is 11.8 Å². The van der Waals surface area contributed by atoms with Crippen LogP contribution in [0.4, 0.5) is 5.69 Å². The van der Waals surface area contributed by atoms with Gasteiger partial charge in [-0.2, -0.15) is 5.10 Å². The number of aryl methyl sites for hydroxylation is 1. The second-order valence-electron chi connectivity index (χ2n) is 7.27. The van der Waals surface area contributed by atoms with Gasteiger partial charge < -0.3 is 0 Å². The van der Waals surface area contributed by atoms with Crippen molar-refractivity contribution < 1.29 is 9.72 Å². The summed E-state index contributed by atoms with van der Waals surface area (Å²) in [5.41, 5.74) is 4.73. The van der Waals surface area contributed by atoms with Crippen LogP contribution in [0.2, 0.25) is 0 Å². The quantitative estimate of drug-likeness (QED) is 0.143. The summed E-state index contributed by atoms with van der Waals surface area (Å²) in [6.45, 7) is 1.90. The number of benzene rings is 3. The first-order chi connectivity index (χ1) is 16.4. The van der Waals surface area contributed by atoms with E-state index in [0.29, 0.717) is 27.3 Å². The molecule has 3 aromatic carbocycles. The van der Waals surface area contributed by atoms with Crippen LogP contribution in [-0.2, 0) is 4.79 Å². The lowest BCUT2D eigenvalue weighted by Crippen LogP contribution is -2.24. The molecule has 0 unspecified atom stereocenters. The van der Waals surface area contributed by atoms with Gasteiger partial charge in [-0.25, -0.2) is 10.4 Å². The number of nitrogens with zero attached hydrogens (tertiary/aromatic N) is 4. The van der Waals surface area contributed by atoms with Crippen molar-refractivity contribution in [2.75, 3.05) is 5.75 Å². The number of carbonyl (C=O) groups excluding carboxylic acids is 1. The van der Waals surface area contributed by atoms with Crippen LogP contribution in [0.5, 0.6) is 0 Å². The predicted molar refractivity (Wildman–Crippen MR) is 132 cm³/mol. The maximum absolute atomic E-state index is 13.3. The van der Waals surface area contributed by atoms with Crippen molar-refractivity contribution in [1.29, 1.82) is 0 Å². The van der Waals surface area contributed by atoms with Crippen LogP contribution in [-0.4, -0.2) is 32.3 Å². The molecule has 0 aliphatic carbocycles. The molecule has 0 bridgehead atoms. The molecule has 1 N–H and O–H groups in total. The Morgan fingerprint density at radius 2 is 1.91 bits per heavy atom. The van der Waals surface area contributed by atoms with Gasteiger partial charge in [0.05, 0.1) is 33.5 Å². The van der Waals surface area contributed by atoms with Gasteiger partial charge in [-0.1, -0.05) is 54.2 Å². The molecular formula is C24H19N5O4S. The molecule has 0 aliphatic rings. The Morgan fingerprint density at radius 3 is 2.71 bits per heavy atom. The fraction of sp³-hybridized carbons (Fsp3) is 0.0833. The van der Waals surface area contributed by atoms with E-state index in [1.807, 2.05) is 31.2 Å². The molecule has 0 saturated carbocycles. The first-order valence-electron chi connectivity index (χ1n) is 10.2. The fourth-order valence-electron chi connectivity index (χ4n) is 3.30. The fourth-order valence-corrected chi connectivity index (χ4v) is 4.09. The van der Waals surface area contributed by atoms with E-state index in [-0.39, 0.29) is 17.0 Å². The number of thioether (sulfide) groups is 1. The normalized spacial score (nSPS) is 11.1. The molecule has 0 aliphatic heterocycles. The first kappa shape index (κ1) is 22.9. The molecule has 1 aromatic heterocycles. The standard InChI is InChI=1S/C24H19N5O4S/c1-16-7-2-5-12-21(16)28-23(31)19-10-3-4-11-20(19)26-24(28)34-15-22(30)27-25-14-17-8-6-9-18(13-17)29(32)33/h2-14H,15H2,1H3,(H,27,30). The predicted octanol–water partition coefficient (Wildman–Crippen LogP) is 3.84. The van der Waals surface area contributed by atoms with Crippen molar-refractivity contribution in [3.63, 3.8) is 0 Å². The van der Waals surface area contributed by atoms with Crippen molar-refractivity contribution in [2.24, 2.45) is 5.10 Å². The molecular weight excluding hydrogens is 454 g/mol. The number of para-hydroxylation sites is 2. The summed E-state index contributed by atoms with van der Waals surface area (Å²) in [5, 5.41) is 15.6. The molecule has 0 fully saturated rings. The van der Waals surface area contributed by atoms with Crippen molar-refractivity contribution in [1.82, 2.24) is 15.0 Å². The van der Waals surface area contributed by atoms with Crippen LogP contribution in [0.3, 0.4) is 0 Å². The molecule has 0 atom stereocenters. The van der Waals surface area contributed by atoms with Gasteiger partial charge in [0.25, 0.3) is 17.2 Å². The van der Waals surface area contributed by atoms with Gasteiger partial charge in [0.2, 0.25) is 0 Å². The van der Waals surface area contributed by atoms with Gasteiger partial charge >= 0.3 is 0 Å². The smallest absolute Gasteiger partial charge is 0.270 e. The third-order valence-electron chi connectivity index (χ3n) is 4.92. The Labute approximate surface area is 198 Å². The number of hydrogen-bond donors (Lipinski definition) is 1. The molecule has 1 amide bonds. The highest BCUT2D eigenvalue weighted by molar-refractivity contribution is 7.99. The van der Waals surface area contributed by atoms with Gasteiger partial charge in [0.15, 0.2) is 5.16 Å². The average Bonchev–Trinajstić information content (AvgIpc) is 2.84. The highest BCUT2D eigenvalue weighted by Crippen LogP contribution is 2.23. The Hall–Kier alpha value is -4.31. The number of rotatable bonds is 7. The van der Waals surface area contributed by atoms with Crippen LogP contribution in [0.15, 0.2) is 87.8 Å². The minimum Gasteiger partial charge on any atom is -0.272 e. The largest absolute Gasteiger partial charge is 0.272 e. The van der Waals surface area contributed by atoms with Crippen molar-refractivity contribution in [3.8, 4) is 5.69 Å². The van der Waals surface area contributed by atoms with Gasteiger partial charge in [0.1, 0.15) is 0 Å². The van der Waals surface area contributed by atoms with Crippen molar-refractivity contribution >= 4 is 40.5 Å². The minimum absolute atomic E-state index is 0.0388. The van der Waals surface area contributed by atoms with E-state index in [1.165, 1.54) is 29.0 Å². The summed E-state index contributed by atoms with van der Waals surface area (Å²) in [5.74, 6) is -0.450. The molecule has 9 nitrogen and oxygen atoms in total. The second kappa shape index (κ2) is 10.1. The monoisotopic (exact) mass is 473 g/mol. The van der Waals surface area contributed by atoms with Crippen molar-refractivity contribution in [2.45, 2.75) is 12.1 Å².